The fraction of sp³-hybridized carbons (Fsp3) is 0.160. The standard InChI is InChI=1S/C25H19ClN2O5S/c1-2-11-32-16-8-5-14(6-9-16)21-20(22(29)18-4-3-12-33-18)23(30)24(31)28(21)25-27-17-10-7-15(26)13-19(17)34-25/h3-10,12-13,21,30H,2,11H2,1H3. The predicted molar refractivity (Wildman–Crippen MR) is 130 cm³/mol. The number of hydrogen-bond donors (Lipinski definition) is 1. The van der Waals surface area contributed by atoms with Crippen LogP contribution in [0.2, 0.25) is 5.02 Å². The normalized spacial score (nSPS) is 16.0. The number of carbonyl (C=O) groups excluding carboxylic acids is 2. The molecule has 0 radical (unpaired) electrons. The molecular weight excluding hydrogens is 476 g/mol. The number of thiazole rings is 1. The van der Waals surface area contributed by atoms with Crippen LogP contribution in [-0.4, -0.2) is 28.4 Å². The molecule has 5 rings (SSSR count). The van der Waals surface area contributed by atoms with Crippen LogP contribution in [0.15, 0.2) is 76.6 Å². The maximum absolute atomic E-state index is 13.3. The van der Waals surface area contributed by atoms with E-state index in [1.54, 1.807) is 48.5 Å². The first kappa shape index (κ1) is 22.2. The highest BCUT2D eigenvalue weighted by Crippen LogP contribution is 2.44. The van der Waals surface area contributed by atoms with Crippen LogP contribution in [0.5, 0.6) is 5.75 Å². The summed E-state index contributed by atoms with van der Waals surface area (Å²) in [5.74, 6) is -1.21. The zero-order chi connectivity index (χ0) is 23.8. The summed E-state index contributed by atoms with van der Waals surface area (Å²) in [5, 5.41) is 11.7. The van der Waals surface area contributed by atoms with Gasteiger partial charge in [0.1, 0.15) is 5.75 Å². The first-order valence-electron chi connectivity index (χ1n) is 10.6. The highest BCUT2D eigenvalue weighted by molar-refractivity contribution is 7.22. The van der Waals surface area contributed by atoms with Gasteiger partial charge in [-0.25, -0.2) is 4.98 Å². The van der Waals surface area contributed by atoms with Gasteiger partial charge in [0, 0.05) is 5.02 Å². The Kier molecular flexibility index (Phi) is 5.85. The van der Waals surface area contributed by atoms with Crippen molar-refractivity contribution in [1.82, 2.24) is 4.98 Å². The number of ether oxygens (including phenoxy) is 1. The summed E-state index contributed by atoms with van der Waals surface area (Å²) in [6.45, 7) is 2.59. The van der Waals surface area contributed by atoms with Crippen molar-refractivity contribution in [2.45, 2.75) is 19.4 Å². The van der Waals surface area contributed by atoms with Crippen LogP contribution < -0.4 is 9.64 Å². The molecule has 0 aliphatic carbocycles. The molecular formula is C25H19ClN2O5S. The average molecular weight is 495 g/mol. The summed E-state index contributed by atoms with van der Waals surface area (Å²) in [5.41, 5.74) is 1.21. The van der Waals surface area contributed by atoms with Gasteiger partial charge >= 0.3 is 0 Å². The first-order valence-corrected chi connectivity index (χ1v) is 11.8. The van der Waals surface area contributed by atoms with E-state index in [0.29, 0.717) is 33.6 Å². The van der Waals surface area contributed by atoms with E-state index < -0.39 is 23.5 Å². The van der Waals surface area contributed by atoms with Crippen molar-refractivity contribution in [1.29, 1.82) is 0 Å². The zero-order valence-electron chi connectivity index (χ0n) is 18.0. The van der Waals surface area contributed by atoms with Gasteiger partial charge in [-0.2, -0.15) is 0 Å². The third-order valence-electron chi connectivity index (χ3n) is 5.41. The number of aliphatic hydroxyl groups excluding tert-OH is 1. The molecule has 2 aromatic heterocycles. The van der Waals surface area contributed by atoms with Crippen molar-refractivity contribution in [3.63, 3.8) is 0 Å². The molecule has 9 heteroatoms. The molecule has 1 unspecified atom stereocenters. The van der Waals surface area contributed by atoms with E-state index in [4.69, 9.17) is 20.8 Å². The van der Waals surface area contributed by atoms with Crippen LogP contribution >= 0.6 is 22.9 Å². The first-order chi connectivity index (χ1) is 16.5. The van der Waals surface area contributed by atoms with Gasteiger partial charge in [-0.15, -0.1) is 0 Å². The van der Waals surface area contributed by atoms with Crippen molar-refractivity contribution in [2.75, 3.05) is 11.5 Å². The van der Waals surface area contributed by atoms with Gasteiger partial charge < -0.3 is 14.3 Å². The zero-order valence-corrected chi connectivity index (χ0v) is 19.6. The topological polar surface area (TPSA) is 92.9 Å². The number of anilines is 1. The minimum atomic E-state index is -0.902. The largest absolute Gasteiger partial charge is 0.503 e. The molecule has 1 aliphatic rings. The van der Waals surface area contributed by atoms with Crippen LogP contribution in [0.1, 0.15) is 35.5 Å². The van der Waals surface area contributed by atoms with Gasteiger partial charge in [0.2, 0.25) is 5.78 Å². The lowest BCUT2D eigenvalue weighted by Gasteiger charge is -2.24. The fourth-order valence-electron chi connectivity index (χ4n) is 3.85. The Hall–Kier alpha value is -3.62. The smallest absolute Gasteiger partial charge is 0.296 e. The number of amides is 1. The summed E-state index contributed by atoms with van der Waals surface area (Å²) < 4.78 is 11.7. The Bertz CT molecular complexity index is 1410. The molecule has 1 atom stereocenters. The number of fused-ring (bicyclic) bond motifs is 1. The van der Waals surface area contributed by atoms with Crippen molar-refractivity contribution in [3.8, 4) is 5.75 Å². The van der Waals surface area contributed by atoms with Crippen LogP contribution in [0.4, 0.5) is 5.13 Å². The molecule has 0 bridgehead atoms. The molecule has 0 spiro atoms. The molecule has 0 saturated carbocycles. The lowest BCUT2D eigenvalue weighted by atomic mass is 9.95. The van der Waals surface area contributed by atoms with E-state index in [9.17, 15) is 14.7 Å². The Morgan fingerprint density at radius 3 is 2.74 bits per heavy atom. The number of hydrogen-bond acceptors (Lipinski definition) is 7. The van der Waals surface area contributed by atoms with Gasteiger partial charge in [0.25, 0.3) is 5.91 Å². The van der Waals surface area contributed by atoms with Crippen molar-refractivity contribution in [3.05, 3.63) is 88.5 Å². The number of furan rings is 1. The molecule has 1 aliphatic heterocycles. The third-order valence-corrected chi connectivity index (χ3v) is 6.66. The molecule has 34 heavy (non-hydrogen) atoms. The molecule has 7 nitrogen and oxygen atoms in total. The molecule has 172 valence electrons. The minimum Gasteiger partial charge on any atom is -0.503 e. The monoisotopic (exact) mass is 494 g/mol. The van der Waals surface area contributed by atoms with E-state index >= 15 is 0 Å². The third kappa shape index (κ3) is 3.85. The van der Waals surface area contributed by atoms with E-state index in [1.807, 2.05) is 6.92 Å². The summed E-state index contributed by atoms with van der Waals surface area (Å²) in [7, 11) is 0. The number of ketones is 1. The van der Waals surface area contributed by atoms with Crippen LogP contribution in [0, 0.1) is 0 Å². The molecule has 3 heterocycles. The Morgan fingerprint density at radius 2 is 2.03 bits per heavy atom. The second-order valence-corrected chi connectivity index (χ2v) is 9.12. The van der Waals surface area contributed by atoms with Gasteiger partial charge in [-0.1, -0.05) is 42.0 Å². The predicted octanol–water partition coefficient (Wildman–Crippen LogP) is 6.11. The van der Waals surface area contributed by atoms with Gasteiger partial charge in [-0.05, 0) is 54.4 Å². The Morgan fingerprint density at radius 1 is 1.24 bits per heavy atom. The second kappa shape index (κ2) is 8.96. The summed E-state index contributed by atoms with van der Waals surface area (Å²) >= 11 is 7.37. The maximum atomic E-state index is 13.3. The number of carbonyl (C=O) groups is 2. The summed E-state index contributed by atoms with van der Waals surface area (Å²) in [6, 6.07) is 14.5. The minimum absolute atomic E-state index is 0.0279. The molecule has 2 aromatic carbocycles. The highest BCUT2D eigenvalue weighted by Gasteiger charge is 2.46. The number of halogens is 1. The number of benzene rings is 2. The van der Waals surface area contributed by atoms with Crippen LogP contribution in [0.3, 0.4) is 0 Å². The Balaban J connectivity index is 1.62. The molecule has 4 aromatic rings. The summed E-state index contributed by atoms with van der Waals surface area (Å²) in [4.78, 5) is 32.5. The lowest BCUT2D eigenvalue weighted by Crippen LogP contribution is -2.30. The van der Waals surface area contributed by atoms with E-state index in [1.165, 1.54) is 28.6 Å². The lowest BCUT2D eigenvalue weighted by molar-refractivity contribution is -0.117. The molecule has 0 saturated heterocycles. The summed E-state index contributed by atoms with van der Waals surface area (Å²) in [6.07, 6.45) is 2.23. The molecule has 1 N–H and O–H groups in total. The highest BCUT2D eigenvalue weighted by atomic mass is 35.5. The fourth-order valence-corrected chi connectivity index (χ4v) is 5.11. The Labute approximate surface area is 203 Å². The average Bonchev–Trinajstić information content (AvgIpc) is 3.56. The van der Waals surface area contributed by atoms with Crippen molar-refractivity contribution >= 4 is 50.0 Å². The molecule has 0 fully saturated rings. The number of aliphatic hydroxyl groups is 1. The maximum Gasteiger partial charge on any atom is 0.296 e. The van der Waals surface area contributed by atoms with Crippen LogP contribution in [-0.2, 0) is 4.79 Å². The van der Waals surface area contributed by atoms with Gasteiger partial charge in [-0.3, -0.25) is 14.5 Å². The number of nitrogens with zero attached hydrogens (tertiary/aromatic N) is 2. The second-order valence-electron chi connectivity index (χ2n) is 7.67. The van der Waals surface area contributed by atoms with Crippen LogP contribution in [0.25, 0.3) is 10.2 Å². The van der Waals surface area contributed by atoms with Crippen molar-refractivity contribution in [2.24, 2.45) is 0 Å². The van der Waals surface area contributed by atoms with E-state index in [0.717, 1.165) is 11.1 Å². The quantitative estimate of drug-likeness (QED) is 0.311. The number of aromatic nitrogens is 1. The molecule has 1 amide bonds. The van der Waals surface area contributed by atoms with Gasteiger partial charge in [0.05, 0.1) is 34.7 Å². The number of rotatable bonds is 7. The van der Waals surface area contributed by atoms with Gasteiger partial charge in [0.15, 0.2) is 16.7 Å². The number of Topliss-reactive ketones (excluding diaryl/α,β-unsaturated/α-hetero) is 1. The SMILES string of the molecule is CCCOc1ccc(C2C(C(=O)c3ccco3)=C(O)C(=O)N2c2nc3ccc(Cl)cc3s2)cc1. The van der Waals surface area contributed by atoms with E-state index in [-0.39, 0.29) is 11.3 Å². The van der Waals surface area contributed by atoms with E-state index in [2.05, 4.69) is 4.98 Å². The van der Waals surface area contributed by atoms with Crippen molar-refractivity contribution < 1.29 is 23.8 Å².